The maximum atomic E-state index is 13.3. The molecule has 0 radical (unpaired) electrons. The molecule has 288 valence electrons. The minimum Gasteiger partial charge on any atom is -0.493 e. The second kappa shape index (κ2) is 21.6. The van der Waals surface area contributed by atoms with Crippen molar-refractivity contribution in [2.75, 3.05) is 26.4 Å². The van der Waals surface area contributed by atoms with Crippen LogP contribution in [0.4, 0.5) is 0 Å². The molecule has 1 heterocycles. The second-order valence-corrected chi connectivity index (χ2v) is 16.7. The summed E-state index contributed by atoms with van der Waals surface area (Å²) in [6, 6.07) is 7.72. The second-order valence-electron chi connectivity index (χ2n) is 16.7. The lowest BCUT2D eigenvalue weighted by Gasteiger charge is -2.46. The van der Waals surface area contributed by atoms with E-state index in [0.717, 1.165) is 30.6 Å². The van der Waals surface area contributed by atoms with Crippen molar-refractivity contribution in [2.24, 2.45) is 16.2 Å². The maximum absolute atomic E-state index is 13.3. The van der Waals surface area contributed by atoms with Crippen molar-refractivity contribution >= 4 is 11.8 Å². The van der Waals surface area contributed by atoms with Crippen molar-refractivity contribution < 1.29 is 23.5 Å². The molecule has 0 unspecified atom stereocenters. The van der Waals surface area contributed by atoms with Crippen molar-refractivity contribution in [1.29, 1.82) is 0 Å². The highest BCUT2D eigenvalue weighted by molar-refractivity contribution is 5.84. The minimum atomic E-state index is -0.397. The van der Waals surface area contributed by atoms with E-state index in [9.17, 15) is 9.59 Å². The average molecular weight is 711 g/mol. The molecule has 1 aromatic carbocycles. The molecule has 1 aromatic heterocycles. The number of hydrogen-bond acceptors (Lipinski definition) is 7. The van der Waals surface area contributed by atoms with E-state index < -0.39 is 5.41 Å². The van der Waals surface area contributed by atoms with Crippen LogP contribution in [-0.2, 0) is 14.3 Å². The van der Waals surface area contributed by atoms with Crippen LogP contribution in [0.1, 0.15) is 157 Å². The van der Waals surface area contributed by atoms with Gasteiger partial charge in [0.1, 0.15) is 5.75 Å². The Labute approximate surface area is 309 Å². The van der Waals surface area contributed by atoms with E-state index in [-0.39, 0.29) is 28.7 Å². The quantitative estimate of drug-likeness (QED) is 0.0887. The Hall–Kier alpha value is -2.94. The molecule has 2 amide bonds. The van der Waals surface area contributed by atoms with Crippen LogP contribution in [0.5, 0.6) is 5.75 Å². The number of nitrogens with zero attached hydrogens (tertiary/aromatic N) is 2. The summed E-state index contributed by atoms with van der Waals surface area (Å²) in [5.74, 6) is 2.02. The van der Waals surface area contributed by atoms with Crippen molar-refractivity contribution in [3.05, 3.63) is 30.2 Å². The first-order valence-electron chi connectivity index (χ1n) is 20.1. The molecule has 0 bridgehead atoms. The fourth-order valence-corrected chi connectivity index (χ4v) is 6.81. The smallest absolute Gasteiger partial charge is 0.247 e. The van der Waals surface area contributed by atoms with E-state index in [0.29, 0.717) is 57.4 Å². The summed E-state index contributed by atoms with van der Waals surface area (Å²) in [6.45, 7) is 16.7. The zero-order chi connectivity index (χ0) is 37.2. The van der Waals surface area contributed by atoms with Gasteiger partial charge in [0.2, 0.25) is 23.6 Å². The summed E-state index contributed by atoms with van der Waals surface area (Å²) < 4.78 is 17.7. The highest BCUT2D eigenvalue weighted by atomic mass is 16.5. The number of aryl methyl sites for hydroxylation is 1. The normalized spacial score (nSPS) is 17.6. The largest absolute Gasteiger partial charge is 0.493 e. The first-order chi connectivity index (χ1) is 24.4. The van der Waals surface area contributed by atoms with Gasteiger partial charge in [0, 0.05) is 42.3 Å². The van der Waals surface area contributed by atoms with E-state index in [1.807, 2.05) is 24.3 Å². The molecular weight excluding hydrogens is 640 g/mol. The monoisotopic (exact) mass is 711 g/mol. The third-order valence-electron chi connectivity index (χ3n) is 10.3. The first kappa shape index (κ1) is 42.5. The van der Waals surface area contributed by atoms with E-state index in [1.54, 1.807) is 6.92 Å². The standard InChI is InChI=1S/C42H70N4O5/c1-8-10-11-12-13-14-15-16-17-18-19-20-21-22-37(47)44-35-27-42(9-2,28-35)39(48)43-29-40(4,5)30-49-31-41(6,7)32-50-36-25-23-34(24-26-36)38-46-45-33(3)51-38/h23-26,35H,8-22,27-32H2,1-7H3,(H,43,48)(H,44,47). The molecule has 2 N–H and O–H groups in total. The lowest BCUT2D eigenvalue weighted by molar-refractivity contribution is -0.140. The Morgan fingerprint density at radius 3 is 1.92 bits per heavy atom. The number of carbonyl (C=O) groups excluding carboxylic acids is 2. The number of amides is 2. The molecule has 1 fully saturated rings. The van der Waals surface area contributed by atoms with E-state index in [4.69, 9.17) is 13.9 Å². The molecule has 9 nitrogen and oxygen atoms in total. The van der Waals surface area contributed by atoms with Gasteiger partial charge in [-0.15, -0.1) is 10.2 Å². The van der Waals surface area contributed by atoms with Crippen LogP contribution in [-0.4, -0.2) is 54.4 Å². The number of nitrogens with one attached hydrogen (secondary N) is 2. The summed E-state index contributed by atoms with van der Waals surface area (Å²) in [5.41, 5.74) is 0.0254. The number of hydrogen-bond donors (Lipinski definition) is 2. The average Bonchev–Trinajstić information content (AvgIpc) is 3.52. The van der Waals surface area contributed by atoms with Crippen molar-refractivity contribution in [3.8, 4) is 17.2 Å². The molecule has 2 aromatic rings. The van der Waals surface area contributed by atoms with Gasteiger partial charge in [0.05, 0.1) is 25.2 Å². The van der Waals surface area contributed by atoms with Gasteiger partial charge in [-0.3, -0.25) is 9.59 Å². The van der Waals surface area contributed by atoms with Crippen molar-refractivity contribution in [1.82, 2.24) is 20.8 Å². The van der Waals surface area contributed by atoms with Crippen LogP contribution in [0.15, 0.2) is 28.7 Å². The number of unbranched alkanes of at least 4 members (excludes halogenated alkanes) is 12. The molecule has 3 rings (SSSR count). The number of ether oxygens (including phenoxy) is 2. The molecule has 0 spiro atoms. The molecule has 1 aliphatic carbocycles. The molecule has 51 heavy (non-hydrogen) atoms. The highest BCUT2D eigenvalue weighted by Gasteiger charge is 2.49. The van der Waals surface area contributed by atoms with Crippen LogP contribution < -0.4 is 15.4 Å². The minimum absolute atomic E-state index is 0.0917. The topological polar surface area (TPSA) is 116 Å². The molecule has 9 heteroatoms. The zero-order valence-corrected chi connectivity index (χ0v) is 33.2. The van der Waals surface area contributed by atoms with E-state index in [2.05, 4.69) is 62.4 Å². The third-order valence-corrected chi connectivity index (χ3v) is 10.3. The van der Waals surface area contributed by atoms with Gasteiger partial charge < -0.3 is 24.5 Å². The van der Waals surface area contributed by atoms with Crippen LogP contribution in [0.25, 0.3) is 11.5 Å². The van der Waals surface area contributed by atoms with Crippen molar-refractivity contribution in [2.45, 2.75) is 164 Å². The summed E-state index contributed by atoms with van der Waals surface area (Å²) in [4.78, 5) is 25.9. The zero-order valence-electron chi connectivity index (χ0n) is 33.2. The van der Waals surface area contributed by atoms with Crippen molar-refractivity contribution in [3.63, 3.8) is 0 Å². The Morgan fingerprint density at radius 2 is 1.37 bits per heavy atom. The van der Waals surface area contributed by atoms with Gasteiger partial charge >= 0.3 is 0 Å². The summed E-state index contributed by atoms with van der Waals surface area (Å²) >= 11 is 0. The SMILES string of the molecule is CCCCCCCCCCCCCCCC(=O)NC1CC(CC)(C(=O)NCC(C)(C)COCC(C)(C)COc2ccc(-c3nnc(C)o3)cc2)C1. The molecule has 1 saturated carbocycles. The molecule has 1 aliphatic rings. The summed E-state index contributed by atoms with van der Waals surface area (Å²) in [6.07, 6.45) is 19.7. The maximum Gasteiger partial charge on any atom is 0.247 e. The van der Waals surface area contributed by atoms with Gasteiger partial charge in [-0.05, 0) is 49.9 Å². The number of carbonyl (C=O) groups is 2. The van der Waals surface area contributed by atoms with Crippen LogP contribution >= 0.6 is 0 Å². The Kier molecular flexibility index (Phi) is 17.9. The molecular formula is C42H70N4O5. The summed E-state index contributed by atoms with van der Waals surface area (Å²) in [5, 5.41) is 14.3. The van der Waals surface area contributed by atoms with Crippen LogP contribution in [0.3, 0.4) is 0 Å². The van der Waals surface area contributed by atoms with Crippen LogP contribution in [0.2, 0.25) is 0 Å². The van der Waals surface area contributed by atoms with E-state index >= 15 is 0 Å². The molecule has 0 atom stereocenters. The predicted octanol–water partition coefficient (Wildman–Crippen LogP) is 9.77. The Morgan fingerprint density at radius 1 is 0.804 bits per heavy atom. The van der Waals surface area contributed by atoms with Crippen LogP contribution in [0, 0.1) is 23.2 Å². The molecule has 0 saturated heterocycles. The van der Waals surface area contributed by atoms with Gasteiger partial charge in [0.15, 0.2) is 0 Å². The highest BCUT2D eigenvalue weighted by Crippen LogP contribution is 2.44. The van der Waals surface area contributed by atoms with Gasteiger partial charge in [-0.2, -0.15) is 0 Å². The number of aromatic nitrogens is 2. The molecule has 0 aliphatic heterocycles. The van der Waals surface area contributed by atoms with Gasteiger partial charge in [0.25, 0.3) is 0 Å². The first-order valence-corrected chi connectivity index (χ1v) is 20.1. The Bertz CT molecular complexity index is 1280. The number of rotatable bonds is 27. The lowest BCUT2D eigenvalue weighted by atomic mass is 9.63. The Balaban J connectivity index is 1.23. The van der Waals surface area contributed by atoms with Gasteiger partial charge in [-0.25, -0.2) is 0 Å². The fraction of sp³-hybridized carbons (Fsp3) is 0.762. The fourth-order valence-electron chi connectivity index (χ4n) is 6.81. The van der Waals surface area contributed by atoms with E-state index in [1.165, 1.54) is 70.6 Å². The third kappa shape index (κ3) is 15.7. The summed E-state index contributed by atoms with van der Waals surface area (Å²) in [7, 11) is 0. The lowest BCUT2D eigenvalue weighted by Crippen LogP contribution is -2.58. The number of benzene rings is 1. The predicted molar refractivity (Wildman–Crippen MR) is 206 cm³/mol. The van der Waals surface area contributed by atoms with Gasteiger partial charge in [-0.1, -0.05) is 119 Å².